The van der Waals surface area contributed by atoms with Gasteiger partial charge in [-0.25, -0.2) is 0 Å². The lowest BCUT2D eigenvalue weighted by atomic mass is 10.3. The zero-order valence-corrected chi connectivity index (χ0v) is 8.47. The van der Waals surface area contributed by atoms with Gasteiger partial charge in [0, 0.05) is 26.4 Å². The zero-order chi connectivity index (χ0) is 10.1. The van der Waals surface area contributed by atoms with Crippen molar-refractivity contribution in [2.75, 3.05) is 27.2 Å². The van der Waals surface area contributed by atoms with Gasteiger partial charge in [0.15, 0.2) is 0 Å². The van der Waals surface area contributed by atoms with E-state index in [2.05, 4.69) is 16.1 Å². The number of hydrogen-bond donors (Lipinski definition) is 1. The Hall–Kier alpha value is -1.01. The van der Waals surface area contributed by atoms with Crippen molar-refractivity contribution in [1.29, 1.82) is 0 Å². The summed E-state index contributed by atoms with van der Waals surface area (Å²) in [6.45, 7) is 1.76. The van der Waals surface area contributed by atoms with E-state index in [1.54, 1.807) is 7.05 Å². The quantitative estimate of drug-likeness (QED) is 0.478. The first-order chi connectivity index (χ1) is 6.20. The van der Waals surface area contributed by atoms with Crippen LogP contribution in [0, 0.1) is 12.3 Å². The number of carbonyl (C=O) groups is 1. The molecule has 0 saturated heterocycles. The van der Waals surface area contributed by atoms with Crippen molar-refractivity contribution < 1.29 is 4.79 Å². The highest BCUT2D eigenvalue weighted by molar-refractivity contribution is 5.75. The smallest absolute Gasteiger partial charge is 0.221 e. The normalized spacial score (nSPS) is 9.69. The predicted octanol–water partition coefficient (Wildman–Crippen LogP) is 0.468. The number of hydrogen-bond acceptors (Lipinski definition) is 2. The van der Waals surface area contributed by atoms with Gasteiger partial charge in [0.05, 0.1) is 0 Å². The van der Waals surface area contributed by atoms with Gasteiger partial charge in [-0.15, -0.1) is 12.3 Å². The first-order valence-electron chi connectivity index (χ1n) is 4.53. The van der Waals surface area contributed by atoms with Crippen molar-refractivity contribution in [3.8, 4) is 12.3 Å². The highest BCUT2D eigenvalue weighted by Gasteiger charge is 2.01. The van der Waals surface area contributed by atoms with E-state index in [-0.39, 0.29) is 5.91 Å². The van der Waals surface area contributed by atoms with Crippen LogP contribution in [-0.2, 0) is 4.79 Å². The van der Waals surface area contributed by atoms with Gasteiger partial charge >= 0.3 is 0 Å². The molecule has 74 valence electrons. The number of rotatable bonds is 6. The zero-order valence-electron chi connectivity index (χ0n) is 8.47. The molecule has 0 spiro atoms. The van der Waals surface area contributed by atoms with Crippen molar-refractivity contribution >= 4 is 5.91 Å². The molecule has 0 aromatic heterocycles. The minimum atomic E-state index is 0.0869. The number of carbonyl (C=O) groups excluding carboxylic acids is 1. The molecule has 0 radical (unpaired) electrons. The van der Waals surface area contributed by atoms with Gasteiger partial charge in [-0.2, -0.15) is 0 Å². The van der Waals surface area contributed by atoms with Gasteiger partial charge in [0.2, 0.25) is 5.91 Å². The molecule has 0 aromatic carbocycles. The monoisotopic (exact) mass is 182 g/mol. The second kappa shape index (κ2) is 7.63. The van der Waals surface area contributed by atoms with E-state index in [1.165, 1.54) is 0 Å². The van der Waals surface area contributed by atoms with Crippen LogP contribution in [0.15, 0.2) is 0 Å². The molecule has 3 heteroatoms. The second-order valence-electron chi connectivity index (χ2n) is 3.03. The Bertz CT molecular complexity index is 184. The van der Waals surface area contributed by atoms with Gasteiger partial charge in [0.25, 0.3) is 0 Å². The molecule has 0 aromatic rings. The van der Waals surface area contributed by atoms with Crippen LogP contribution < -0.4 is 5.32 Å². The van der Waals surface area contributed by atoms with Crippen LogP contribution in [0.25, 0.3) is 0 Å². The standard InChI is InChI=1S/C10H18N2O/c1-4-5-6-8-12(3)9-7-10(13)11-2/h1H,5-9H2,2-3H3,(H,11,13). The van der Waals surface area contributed by atoms with Crippen molar-refractivity contribution in [3.63, 3.8) is 0 Å². The first-order valence-corrected chi connectivity index (χ1v) is 4.53. The Morgan fingerprint density at radius 3 is 2.77 bits per heavy atom. The Kier molecular flexibility index (Phi) is 7.04. The van der Waals surface area contributed by atoms with Crippen LogP contribution in [0.5, 0.6) is 0 Å². The Morgan fingerprint density at radius 2 is 2.23 bits per heavy atom. The number of amides is 1. The first kappa shape index (κ1) is 12.0. The van der Waals surface area contributed by atoms with Crippen LogP contribution in [0.1, 0.15) is 19.3 Å². The molecular weight excluding hydrogens is 164 g/mol. The highest BCUT2D eigenvalue weighted by atomic mass is 16.1. The maximum Gasteiger partial charge on any atom is 0.221 e. The maximum absolute atomic E-state index is 10.9. The largest absolute Gasteiger partial charge is 0.359 e. The fraction of sp³-hybridized carbons (Fsp3) is 0.700. The number of nitrogens with one attached hydrogen (secondary N) is 1. The average molecular weight is 182 g/mol. The van der Waals surface area contributed by atoms with Crippen LogP contribution in [0.3, 0.4) is 0 Å². The van der Waals surface area contributed by atoms with Gasteiger partial charge < -0.3 is 10.2 Å². The minimum absolute atomic E-state index is 0.0869. The van der Waals surface area contributed by atoms with Crippen LogP contribution >= 0.6 is 0 Å². The fourth-order valence-corrected chi connectivity index (χ4v) is 0.980. The molecule has 0 saturated carbocycles. The molecule has 1 amide bonds. The van der Waals surface area contributed by atoms with Gasteiger partial charge in [0.1, 0.15) is 0 Å². The van der Waals surface area contributed by atoms with E-state index in [0.29, 0.717) is 6.42 Å². The van der Waals surface area contributed by atoms with Gasteiger partial charge in [-0.05, 0) is 20.0 Å². The van der Waals surface area contributed by atoms with E-state index in [4.69, 9.17) is 6.42 Å². The van der Waals surface area contributed by atoms with Crippen LogP contribution in [0.2, 0.25) is 0 Å². The van der Waals surface area contributed by atoms with E-state index in [0.717, 1.165) is 25.9 Å². The molecule has 0 atom stereocenters. The number of nitrogens with zero attached hydrogens (tertiary/aromatic N) is 1. The molecule has 0 aliphatic rings. The number of terminal acetylenes is 1. The van der Waals surface area contributed by atoms with Crippen molar-refractivity contribution in [1.82, 2.24) is 10.2 Å². The molecular formula is C10H18N2O. The third-order valence-corrected chi connectivity index (χ3v) is 1.86. The molecule has 13 heavy (non-hydrogen) atoms. The molecule has 0 aliphatic carbocycles. The molecule has 0 heterocycles. The molecule has 0 bridgehead atoms. The van der Waals surface area contributed by atoms with Crippen LogP contribution in [-0.4, -0.2) is 38.0 Å². The Labute approximate surface area is 80.5 Å². The predicted molar refractivity (Wildman–Crippen MR) is 54.2 cm³/mol. The SMILES string of the molecule is C#CCCCN(C)CCC(=O)NC. The summed E-state index contributed by atoms with van der Waals surface area (Å²) in [5.74, 6) is 2.68. The molecule has 3 nitrogen and oxygen atoms in total. The second-order valence-corrected chi connectivity index (χ2v) is 3.03. The topological polar surface area (TPSA) is 32.3 Å². The van der Waals surface area contributed by atoms with Crippen molar-refractivity contribution in [2.45, 2.75) is 19.3 Å². The van der Waals surface area contributed by atoms with Gasteiger partial charge in [-0.1, -0.05) is 0 Å². The lowest BCUT2D eigenvalue weighted by Crippen LogP contribution is -2.27. The lowest BCUT2D eigenvalue weighted by molar-refractivity contribution is -0.120. The van der Waals surface area contributed by atoms with Crippen LogP contribution in [0.4, 0.5) is 0 Å². The summed E-state index contributed by atoms with van der Waals surface area (Å²) in [5, 5.41) is 2.59. The Morgan fingerprint density at radius 1 is 1.54 bits per heavy atom. The molecule has 0 unspecified atom stereocenters. The van der Waals surface area contributed by atoms with Crippen molar-refractivity contribution in [2.24, 2.45) is 0 Å². The summed E-state index contributed by atoms with van der Waals surface area (Å²) >= 11 is 0. The van der Waals surface area contributed by atoms with E-state index in [1.807, 2.05) is 7.05 Å². The van der Waals surface area contributed by atoms with E-state index >= 15 is 0 Å². The molecule has 0 rings (SSSR count). The fourth-order valence-electron chi connectivity index (χ4n) is 0.980. The highest BCUT2D eigenvalue weighted by Crippen LogP contribution is 1.93. The van der Waals surface area contributed by atoms with Crippen molar-refractivity contribution in [3.05, 3.63) is 0 Å². The summed E-state index contributed by atoms with van der Waals surface area (Å²) in [6, 6.07) is 0. The molecule has 1 N–H and O–H groups in total. The van der Waals surface area contributed by atoms with Gasteiger partial charge in [-0.3, -0.25) is 4.79 Å². The summed E-state index contributed by atoms with van der Waals surface area (Å²) in [6.07, 6.45) is 7.49. The minimum Gasteiger partial charge on any atom is -0.359 e. The lowest BCUT2D eigenvalue weighted by Gasteiger charge is -2.14. The number of unbranched alkanes of at least 4 members (excludes halogenated alkanes) is 1. The summed E-state index contributed by atoms with van der Waals surface area (Å²) in [7, 11) is 3.65. The molecule has 0 aliphatic heterocycles. The summed E-state index contributed by atoms with van der Waals surface area (Å²) in [5.41, 5.74) is 0. The van der Waals surface area contributed by atoms with E-state index in [9.17, 15) is 4.79 Å². The average Bonchev–Trinajstić information content (AvgIpc) is 2.14. The Balaban J connectivity index is 3.35. The molecule has 0 fully saturated rings. The van der Waals surface area contributed by atoms with E-state index < -0.39 is 0 Å². The summed E-state index contributed by atoms with van der Waals surface area (Å²) in [4.78, 5) is 13.0. The third kappa shape index (κ3) is 7.35. The summed E-state index contributed by atoms with van der Waals surface area (Å²) < 4.78 is 0. The third-order valence-electron chi connectivity index (χ3n) is 1.86. The maximum atomic E-state index is 10.9.